The number of carbonyl (C=O) groups is 2. The van der Waals surface area contributed by atoms with Gasteiger partial charge in [-0.25, -0.2) is 0 Å². The van der Waals surface area contributed by atoms with Crippen molar-refractivity contribution in [3.05, 3.63) is 36.0 Å². The molecule has 0 spiro atoms. The summed E-state index contributed by atoms with van der Waals surface area (Å²) in [6.45, 7) is 6.96. The van der Waals surface area contributed by atoms with Crippen LogP contribution in [0.3, 0.4) is 0 Å². The maximum absolute atomic E-state index is 10.9. The lowest BCUT2D eigenvalue weighted by atomic mass is 9.56. The van der Waals surface area contributed by atoms with E-state index in [0.29, 0.717) is 36.5 Å². The third-order valence-electron chi connectivity index (χ3n) is 11.8. The van der Waals surface area contributed by atoms with Crippen molar-refractivity contribution in [2.75, 3.05) is 0 Å². The Hall–Kier alpha value is -1.84. The van der Waals surface area contributed by atoms with Gasteiger partial charge in [-0.15, -0.1) is 0 Å². The van der Waals surface area contributed by atoms with Crippen molar-refractivity contribution in [2.45, 2.75) is 201 Å². The van der Waals surface area contributed by atoms with E-state index in [4.69, 9.17) is 10.2 Å². The molecular weight excluding hydrogens is 604 g/mol. The highest BCUT2D eigenvalue weighted by molar-refractivity contribution is 5.66. The lowest BCUT2D eigenvalue weighted by molar-refractivity contribution is -0.138. The molecule has 0 amide bonds. The van der Waals surface area contributed by atoms with Crippen LogP contribution in [0, 0.1) is 35.5 Å². The molecule has 4 nitrogen and oxygen atoms in total. The monoisotopic (exact) mass is 683 g/mol. The van der Waals surface area contributed by atoms with E-state index < -0.39 is 11.9 Å². The fourth-order valence-electron chi connectivity index (χ4n) is 9.01. The van der Waals surface area contributed by atoms with E-state index in [0.717, 1.165) is 50.4 Å². The zero-order chi connectivity index (χ0) is 35.5. The summed E-state index contributed by atoms with van der Waals surface area (Å²) in [5.41, 5.74) is 1.65. The molecule has 0 heterocycles. The van der Waals surface area contributed by atoms with E-state index >= 15 is 0 Å². The van der Waals surface area contributed by atoms with Gasteiger partial charge in [-0.2, -0.15) is 0 Å². The van der Waals surface area contributed by atoms with Gasteiger partial charge in [0.05, 0.1) is 0 Å². The molecule has 2 N–H and O–H groups in total. The van der Waals surface area contributed by atoms with Crippen LogP contribution < -0.4 is 0 Å². The molecule has 0 fully saturated rings. The average molecular weight is 683 g/mol. The summed E-state index contributed by atoms with van der Waals surface area (Å²) in [5, 5.41) is 18.0. The molecule has 0 radical (unpaired) electrons. The van der Waals surface area contributed by atoms with Crippen molar-refractivity contribution >= 4 is 11.9 Å². The smallest absolute Gasteiger partial charge is 0.303 e. The van der Waals surface area contributed by atoms with Crippen molar-refractivity contribution in [1.29, 1.82) is 0 Å². The number of unbranched alkanes of at least 4 members (excludes halogenated alkanes) is 17. The lowest BCUT2D eigenvalue weighted by Gasteiger charge is -2.48. The molecule has 282 valence electrons. The normalized spacial score (nSPS) is 23.5. The number of rotatable bonds is 31. The first kappa shape index (κ1) is 43.3. The second-order valence-corrected chi connectivity index (χ2v) is 15.8. The molecule has 49 heavy (non-hydrogen) atoms. The number of carboxylic acids is 2. The van der Waals surface area contributed by atoms with Gasteiger partial charge in [-0.05, 0) is 92.4 Å². The number of hydrogen-bond acceptors (Lipinski definition) is 2. The van der Waals surface area contributed by atoms with Gasteiger partial charge in [0, 0.05) is 12.8 Å². The van der Waals surface area contributed by atoms with Crippen LogP contribution >= 0.6 is 0 Å². The zero-order valence-electron chi connectivity index (χ0n) is 32.4. The highest BCUT2D eigenvalue weighted by Crippen LogP contribution is 2.52. The molecule has 0 saturated heterocycles. The first-order chi connectivity index (χ1) is 23.9. The van der Waals surface area contributed by atoms with E-state index in [-0.39, 0.29) is 0 Å². The lowest BCUT2D eigenvalue weighted by Crippen LogP contribution is -2.40. The van der Waals surface area contributed by atoms with E-state index in [1.165, 1.54) is 128 Å². The van der Waals surface area contributed by atoms with Gasteiger partial charge in [0.2, 0.25) is 0 Å². The van der Waals surface area contributed by atoms with Gasteiger partial charge in [0.1, 0.15) is 0 Å². The van der Waals surface area contributed by atoms with Crippen LogP contribution in [0.25, 0.3) is 0 Å². The summed E-state index contributed by atoms with van der Waals surface area (Å²) in [4.78, 5) is 21.8. The molecule has 0 aromatic rings. The van der Waals surface area contributed by atoms with Crippen molar-refractivity contribution in [2.24, 2.45) is 35.5 Å². The van der Waals surface area contributed by atoms with Crippen molar-refractivity contribution in [3.8, 4) is 0 Å². The van der Waals surface area contributed by atoms with E-state index in [2.05, 4.69) is 51.2 Å². The molecule has 0 aromatic carbocycles. The van der Waals surface area contributed by atoms with Gasteiger partial charge < -0.3 is 10.2 Å². The van der Waals surface area contributed by atoms with Gasteiger partial charge in [-0.1, -0.05) is 167 Å². The predicted molar refractivity (Wildman–Crippen MR) is 209 cm³/mol. The van der Waals surface area contributed by atoms with Crippen molar-refractivity contribution in [3.63, 3.8) is 0 Å². The van der Waals surface area contributed by atoms with E-state index in [1.54, 1.807) is 5.57 Å². The number of aliphatic carboxylic acids is 2. The molecule has 0 aromatic heterocycles. The fourth-order valence-corrected chi connectivity index (χ4v) is 9.01. The van der Waals surface area contributed by atoms with Crippen LogP contribution in [-0.2, 0) is 9.59 Å². The first-order valence-corrected chi connectivity index (χ1v) is 21.4. The summed E-state index contributed by atoms with van der Waals surface area (Å²) >= 11 is 0. The molecule has 2 aliphatic carbocycles. The fraction of sp³-hybridized carbons (Fsp3) is 0.822. The van der Waals surface area contributed by atoms with Gasteiger partial charge in [-0.3, -0.25) is 9.59 Å². The average Bonchev–Trinajstić information content (AvgIpc) is 3.08. The van der Waals surface area contributed by atoms with Crippen LogP contribution in [0.15, 0.2) is 36.0 Å². The summed E-state index contributed by atoms with van der Waals surface area (Å²) in [6.07, 6.45) is 45.8. The Morgan fingerprint density at radius 3 is 1.63 bits per heavy atom. The number of fused-ring (bicyclic) bond motifs is 1. The van der Waals surface area contributed by atoms with Crippen LogP contribution in [0.2, 0.25) is 0 Å². The highest BCUT2D eigenvalue weighted by atomic mass is 16.4. The van der Waals surface area contributed by atoms with Gasteiger partial charge in [0.15, 0.2) is 0 Å². The molecule has 0 saturated carbocycles. The maximum atomic E-state index is 10.9. The summed E-state index contributed by atoms with van der Waals surface area (Å²) < 4.78 is 0. The zero-order valence-corrected chi connectivity index (χ0v) is 32.4. The maximum Gasteiger partial charge on any atom is 0.303 e. The molecular formula is C45H78O4. The minimum atomic E-state index is -0.668. The Morgan fingerprint density at radius 2 is 1.04 bits per heavy atom. The minimum absolute atomic E-state index is 0.305. The van der Waals surface area contributed by atoms with Crippen LogP contribution in [0.4, 0.5) is 0 Å². The second kappa shape index (κ2) is 27.8. The van der Waals surface area contributed by atoms with Crippen molar-refractivity contribution < 1.29 is 19.8 Å². The molecule has 0 bridgehead atoms. The molecule has 2 rings (SSSR count). The first-order valence-electron chi connectivity index (χ1n) is 21.4. The largest absolute Gasteiger partial charge is 0.481 e. The third kappa shape index (κ3) is 18.3. The third-order valence-corrected chi connectivity index (χ3v) is 11.8. The number of allylic oxidation sites excluding steroid dienone is 6. The summed E-state index contributed by atoms with van der Waals surface area (Å²) in [6, 6.07) is 0. The standard InChI is InChI=1S/C45H78O4/c1-4-7-10-15-22-28-38-36-43-39(29-21-9-6-3)37(27-20-8-5-2)34-35-42(43)41(31-24-17-12-14-19-26-33-45(48)49)40(38)30-23-16-11-13-18-25-32-44(46)47/h22,28,34-37,39-43H,4-21,23-27,29-33H2,1-3H3,(H,46,47)(H,48,49)/b28-22+. The summed E-state index contributed by atoms with van der Waals surface area (Å²) in [7, 11) is 0. The van der Waals surface area contributed by atoms with Gasteiger partial charge in [0.25, 0.3) is 0 Å². The van der Waals surface area contributed by atoms with Gasteiger partial charge >= 0.3 is 11.9 Å². The Morgan fingerprint density at radius 1 is 0.551 bits per heavy atom. The molecule has 2 aliphatic rings. The molecule has 6 atom stereocenters. The van der Waals surface area contributed by atoms with Crippen LogP contribution in [0.1, 0.15) is 201 Å². The summed E-state index contributed by atoms with van der Waals surface area (Å²) in [5.74, 6) is 2.81. The predicted octanol–water partition coefficient (Wildman–Crippen LogP) is 13.9. The van der Waals surface area contributed by atoms with Crippen LogP contribution in [-0.4, -0.2) is 22.2 Å². The highest BCUT2D eigenvalue weighted by Gasteiger charge is 2.43. The number of hydrogen-bond donors (Lipinski definition) is 2. The Labute approximate surface area is 303 Å². The Kier molecular flexibility index (Phi) is 24.6. The Balaban J connectivity index is 2.26. The minimum Gasteiger partial charge on any atom is -0.481 e. The van der Waals surface area contributed by atoms with E-state index in [1.807, 2.05) is 0 Å². The number of carboxylic acid groups (broad SMARTS) is 2. The molecule has 0 aliphatic heterocycles. The Bertz CT molecular complexity index is 948. The van der Waals surface area contributed by atoms with Crippen molar-refractivity contribution in [1.82, 2.24) is 0 Å². The van der Waals surface area contributed by atoms with E-state index in [9.17, 15) is 9.59 Å². The molecule has 4 heteroatoms. The second-order valence-electron chi connectivity index (χ2n) is 15.8. The quantitative estimate of drug-likeness (QED) is 0.0564. The SMILES string of the molecule is CCCCC/C=C/C1=CC2C(C=CC(CCCCC)C2CCCCC)C(CCCCCCCCC(=O)O)C1CCCCCCCCC(=O)O. The molecule has 6 unspecified atom stereocenters. The topological polar surface area (TPSA) is 74.6 Å². The van der Waals surface area contributed by atoms with Crippen LogP contribution in [0.5, 0.6) is 0 Å².